The minimum absolute atomic E-state index is 0.230. The molecule has 0 aliphatic heterocycles. The van der Waals surface area contributed by atoms with Gasteiger partial charge in [-0.1, -0.05) is 29.3 Å². The number of nitrogens with zero attached hydrogens (tertiary/aromatic N) is 1. The van der Waals surface area contributed by atoms with Crippen LogP contribution in [-0.2, 0) is 12.8 Å². The highest BCUT2D eigenvalue weighted by Gasteiger charge is 2.19. The van der Waals surface area contributed by atoms with Gasteiger partial charge in [-0.2, -0.15) is 0 Å². The summed E-state index contributed by atoms with van der Waals surface area (Å²) in [6.07, 6.45) is 2.98. The molecule has 2 aromatic carbocycles. The lowest BCUT2D eigenvalue weighted by atomic mass is 10.1. The number of benzene rings is 2. The molecule has 1 aromatic heterocycles. The zero-order chi connectivity index (χ0) is 18.3. The molecular formula is C20H16Cl2N2O2. The second kappa shape index (κ2) is 6.78. The Hall–Kier alpha value is -2.30. The van der Waals surface area contributed by atoms with Crippen molar-refractivity contribution >= 4 is 45.7 Å². The van der Waals surface area contributed by atoms with Crippen molar-refractivity contribution in [2.75, 3.05) is 12.4 Å². The predicted molar refractivity (Wildman–Crippen MR) is 105 cm³/mol. The maximum absolute atomic E-state index is 12.6. The largest absolute Gasteiger partial charge is 0.495 e. The first kappa shape index (κ1) is 17.1. The molecular weight excluding hydrogens is 371 g/mol. The number of anilines is 1. The Morgan fingerprint density at radius 1 is 1.15 bits per heavy atom. The number of halogens is 2. The number of fused-ring (bicyclic) bond motifs is 2. The Balaban J connectivity index is 1.65. The topological polar surface area (TPSA) is 51.2 Å². The van der Waals surface area contributed by atoms with E-state index in [9.17, 15) is 4.79 Å². The molecule has 0 saturated carbocycles. The molecule has 1 heterocycles. The van der Waals surface area contributed by atoms with E-state index in [0.717, 1.165) is 46.4 Å². The molecule has 26 heavy (non-hydrogen) atoms. The van der Waals surface area contributed by atoms with Gasteiger partial charge in [0.15, 0.2) is 0 Å². The average molecular weight is 387 g/mol. The van der Waals surface area contributed by atoms with Crippen molar-refractivity contribution in [3.05, 3.63) is 63.3 Å². The summed E-state index contributed by atoms with van der Waals surface area (Å²) in [4.78, 5) is 17.3. The minimum atomic E-state index is -0.230. The predicted octanol–water partition coefficient (Wildman–Crippen LogP) is 5.29. The highest BCUT2D eigenvalue weighted by Crippen LogP contribution is 2.34. The van der Waals surface area contributed by atoms with E-state index >= 15 is 0 Å². The van der Waals surface area contributed by atoms with E-state index in [-0.39, 0.29) is 5.91 Å². The molecule has 132 valence electrons. The Kier molecular flexibility index (Phi) is 4.47. The molecule has 0 spiro atoms. The molecule has 1 amide bonds. The first-order chi connectivity index (χ1) is 12.6. The van der Waals surface area contributed by atoms with Crippen LogP contribution >= 0.6 is 23.2 Å². The number of aryl methyl sites for hydroxylation is 1. The van der Waals surface area contributed by atoms with Crippen LogP contribution in [0.5, 0.6) is 5.75 Å². The Labute approximate surface area is 161 Å². The van der Waals surface area contributed by atoms with E-state index in [0.29, 0.717) is 22.0 Å². The Morgan fingerprint density at radius 3 is 2.77 bits per heavy atom. The highest BCUT2D eigenvalue weighted by molar-refractivity contribution is 6.36. The summed E-state index contributed by atoms with van der Waals surface area (Å²) in [5.74, 6) is 0.328. The van der Waals surface area contributed by atoms with Gasteiger partial charge in [-0.05, 0) is 55.2 Å². The molecule has 0 fully saturated rings. The number of hydrogen-bond donors (Lipinski definition) is 1. The van der Waals surface area contributed by atoms with Gasteiger partial charge in [0.05, 0.1) is 22.7 Å². The summed E-state index contributed by atoms with van der Waals surface area (Å²) in [5.41, 5.74) is 4.05. The fourth-order valence-electron chi connectivity index (χ4n) is 3.29. The van der Waals surface area contributed by atoms with Crippen LogP contribution < -0.4 is 10.1 Å². The average Bonchev–Trinajstić information content (AvgIpc) is 3.10. The number of carbonyl (C=O) groups is 1. The van der Waals surface area contributed by atoms with Gasteiger partial charge < -0.3 is 10.1 Å². The summed E-state index contributed by atoms with van der Waals surface area (Å²) in [6, 6.07) is 10.5. The number of methoxy groups -OCH3 is 1. The van der Waals surface area contributed by atoms with Crippen molar-refractivity contribution < 1.29 is 9.53 Å². The Bertz CT molecular complexity index is 1030. The molecule has 4 nitrogen and oxygen atoms in total. The van der Waals surface area contributed by atoms with Crippen LogP contribution in [-0.4, -0.2) is 18.0 Å². The summed E-state index contributed by atoms with van der Waals surface area (Å²) in [6.45, 7) is 0. The maximum Gasteiger partial charge on any atom is 0.255 e. The molecule has 0 bridgehead atoms. The van der Waals surface area contributed by atoms with Gasteiger partial charge in [-0.15, -0.1) is 0 Å². The second-order valence-corrected chi connectivity index (χ2v) is 7.03. The van der Waals surface area contributed by atoms with Crippen LogP contribution in [0.3, 0.4) is 0 Å². The number of nitrogens with one attached hydrogen (secondary N) is 1. The number of amides is 1. The first-order valence-electron chi connectivity index (χ1n) is 8.32. The van der Waals surface area contributed by atoms with Gasteiger partial charge in [-0.3, -0.25) is 9.78 Å². The van der Waals surface area contributed by atoms with Crippen molar-refractivity contribution in [2.24, 2.45) is 0 Å². The number of aromatic nitrogens is 1. The smallest absolute Gasteiger partial charge is 0.255 e. The second-order valence-electron chi connectivity index (χ2n) is 6.24. The van der Waals surface area contributed by atoms with Crippen LogP contribution in [0.2, 0.25) is 10.0 Å². The highest BCUT2D eigenvalue weighted by atomic mass is 35.5. The van der Waals surface area contributed by atoms with Crippen LogP contribution in [0.25, 0.3) is 10.9 Å². The summed E-state index contributed by atoms with van der Waals surface area (Å²) >= 11 is 12.6. The van der Waals surface area contributed by atoms with Gasteiger partial charge in [0.1, 0.15) is 5.75 Å². The van der Waals surface area contributed by atoms with Gasteiger partial charge in [0.25, 0.3) is 5.91 Å². The Morgan fingerprint density at radius 2 is 2.00 bits per heavy atom. The number of pyridine rings is 1. The molecule has 0 radical (unpaired) electrons. The lowest BCUT2D eigenvalue weighted by Gasteiger charge is -2.10. The van der Waals surface area contributed by atoms with E-state index in [1.54, 1.807) is 37.4 Å². The molecule has 4 rings (SSSR count). The molecule has 6 heteroatoms. The SMILES string of the molecule is COc1ccc(NC(=O)c2ccc3c(Cl)c4c(nc3c2)CCC4)cc1Cl. The summed E-state index contributed by atoms with van der Waals surface area (Å²) in [7, 11) is 1.55. The third-order valence-corrected chi connectivity index (χ3v) is 5.34. The van der Waals surface area contributed by atoms with Crippen LogP contribution in [0.1, 0.15) is 28.0 Å². The number of rotatable bonds is 3. The molecule has 1 N–H and O–H groups in total. The van der Waals surface area contributed by atoms with Crippen LogP contribution in [0, 0.1) is 0 Å². The van der Waals surface area contributed by atoms with Crippen LogP contribution in [0.4, 0.5) is 5.69 Å². The molecule has 3 aromatic rings. The number of hydrogen-bond acceptors (Lipinski definition) is 3. The van der Waals surface area contributed by atoms with Gasteiger partial charge in [0.2, 0.25) is 0 Å². The third kappa shape index (κ3) is 3.00. The summed E-state index contributed by atoms with van der Waals surface area (Å²) in [5, 5.41) is 4.93. The number of carbonyl (C=O) groups excluding carboxylic acids is 1. The van der Waals surface area contributed by atoms with Crippen molar-refractivity contribution in [3.63, 3.8) is 0 Å². The van der Waals surface area contributed by atoms with Gasteiger partial charge in [-0.25, -0.2) is 0 Å². The monoisotopic (exact) mass is 386 g/mol. The van der Waals surface area contributed by atoms with E-state index in [4.69, 9.17) is 32.9 Å². The van der Waals surface area contributed by atoms with Gasteiger partial charge in [0, 0.05) is 22.3 Å². The van der Waals surface area contributed by atoms with E-state index < -0.39 is 0 Å². The standard InChI is InChI=1S/C20H16Cl2N2O2/c1-26-18-8-6-12(10-15(18)21)23-20(25)11-5-7-14-17(9-11)24-16-4-2-3-13(16)19(14)22/h5-10H,2-4H2,1H3,(H,23,25). The maximum atomic E-state index is 12.6. The third-order valence-electron chi connectivity index (χ3n) is 4.62. The van der Waals surface area contributed by atoms with Crippen molar-refractivity contribution in [2.45, 2.75) is 19.3 Å². The van der Waals surface area contributed by atoms with Gasteiger partial charge >= 0.3 is 0 Å². The molecule has 0 saturated heterocycles. The van der Waals surface area contributed by atoms with E-state index in [1.165, 1.54) is 0 Å². The quantitative estimate of drug-likeness (QED) is 0.664. The van der Waals surface area contributed by atoms with E-state index in [2.05, 4.69) is 5.32 Å². The molecule has 1 aliphatic carbocycles. The van der Waals surface area contributed by atoms with Crippen molar-refractivity contribution in [1.82, 2.24) is 4.98 Å². The first-order valence-corrected chi connectivity index (χ1v) is 9.08. The van der Waals surface area contributed by atoms with Crippen LogP contribution in [0.15, 0.2) is 36.4 Å². The number of ether oxygens (including phenoxy) is 1. The van der Waals surface area contributed by atoms with Crippen molar-refractivity contribution in [1.29, 1.82) is 0 Å². The summed E-state index contributed by atoms with van der Waals surface area (Å²) < 4.78 is 5.12. The van der Waals surface area contributed by atoms with Crippen molar-refractivity contribution in [3.8, 4) is 5.75 Å². The zero-order valence-electron chi connectivity index (χ0n) is 14.1. The normalized spacial score (nSPS) is 12.9. The fourth-order valence-corrected chi connectivity index (χ4v) is 3.92. The molecule has 0 atom stereocenters. The molecule has 1 aliphatic rings. The lowest BCUT2D eigenvalue weighted by Crippen LogP contribution is -2.12. The fraction of sp³-hybridized carbons (Fsp3) is 0.200. The minimum Gasteiger partial charge on any atom is -0.495 e. The molecule has 0 unspecified atom stereocenters. The van der Waals surface area contributed by atoms with E-state index in [1.807, 2.05) is 6.07 Å². The zero-order valence-corrected chi connectivity index (χ0v) is 15.6. The lowest BCUT2D eigenvalue weighted by molar-refractivity contribution is 0.102.